The normalized spacial score (nSPS) is 16.1. The lowest BCUT2D eigenvalue weighted by Gasteiger charge is -2.33. The van der Waals surface area contributed by atoms with Gasteiger partial charge in [-0.1, -0.05) is 0 Å². The van der Waals surface area contributed by atoms with Gasteiger partial charge in [0.1, 0.15) is 0 Å². The molecule has 0 unspecified atom stereocenters. The SMILES string of the molecule is CC(=O)N1CCN(C(=O)C(=O)N=O)CC1. The average Bonchev–Trinajstić information content (AvgIpc) is 2.27. The summed E-state index contributed by atoms with van der Waals surface area (Å²) in [6, 6.07) is 0. The van der Waals surface area contributed by atoms with Crippen molar-refractivity contribution >= 4 is 17.7 Å². The van der Waals surface area contributed by atoms with Gasteiger partial charge in [0, 0.05) is 38.3 Å². The monoisotopic (exact) mass is 213 g/mol. The minimum absolute atomic E-state index is 0.0677. The van der Waals surface area contributed by atoms with E-state index in [4.69, 9.17) is 0 Å². The van der Waals surface area contributed by atoms with Gasteiger partial charge >= 0.3 is 11.8 Å². The van der Waals surface area contributed by atoms with Crippen LogP contribution in [0, 0.1) is 4.91 Å². The second kappa shape index (κ2) is 4.63. The molecule has 1 aliphatic rings. The molecule has 1 heterocycles. The van der Waals surface area contributed by atoms with E-state index < -0.39 is 11.8 Å². The summed E-state index contributed by atoms with van der Waals surface area (Å²) in [5.41, 5.74) is 0. The van der Waals surface area contributed by atoms with Crippen molar-refractivity contribution in [3.05, 3.63) is 4.91 Å². The lowest BCUT2D eigenvalue weighted by molar-refractivity contribution is -0.146. The van der Waals surface area contributed by atoms with Crippen molar-refractivity contribution in [2.45, 2.75) is 6.92 Å². The standard InChI is InChI=1S/C8H11N3O4/c1-6(12)10-2-4-11(5-3-10)8(14)7(13)9-15/h2-5H2,1H3. The Hall–Kier alpha value is -1.79. The lowest BCUT2D eigenvalue weighted by atomic mass is 10.3. The first-order valence-corrected chi connectivity index (χ1v) is 4.48. The van der Waals surface area contributed by atoms with Gasteiger partial charge < -0.3 is 9.80 Å². The molecule has 0 aromatic heterocycles. The molecule has 0 aromatic carbocycles. The number of hydrogen-bond acceptors (Lipinski definition) is 4. The molecule has 0 spiro atoms. The van der Waals surface area contributed by atoms with E-state index >= 15 is 0 Å². The third-order valence-corrected chi connectivity index (χ3v) is 2.28. The minimum atomic E-state index is -1.29. The van der Waals surface area contributed by atoms with E-state index in [-0.39, 0.29) is 19.0 Å². The zero-order valence-electron chi connectivity index (χ0n) is 8.30. The van der Waals surface area contributed by atoms with Gasteiger partial charge in [-0.2, -0.15) is 0 Å². The maximum atomic E-state index is 11.2. The van der Waals surface area contributed by atoms with Gasteiger partial charge in [-0.15, -0.1) is 4.91 Å². The highest BCUT2D eigenvalue weighted by Crippen LogP contribution is 2.02. The van der Waals surface area contributed by atoms with E-state index in [1.165, 1.54) is 11.8 Å². The van der Waals surface area contributed by atoms with E-state index in [1.54, 1.807) is 4.90 Å². The molecule has 0 bridgehead atoms. The van der Waals surface area contributed by atoms with Crippen LogP contribution < -0.4 is 0 Å². The van der Waals surface area contributed by atoms with Gasteiger partial charge in [-0.3, -0.25) is 14.4 Å². The molecule has 0 radical (unpaired) electrons. The Balaban J connectivity index is 2.50. The third-order valence-electron chi connectivity index (χ3n) is 2.28. The fourth-order valence-corrected chi connectivity index (χ4v) is 1.40. The van der Waals surface area contributed by atoms with E-state index in [1.807, 2.05) is 0 Å². The van der Waals surface area contributed by atoms with Gasteiger partial charge in [0.15, 0.2) is 0 Å². The van der Waals surface area contributed by atoms with Crippen molar-refractivity contribution in [2.75, 3.05) is 26.2 Å². The van der Waals surface area contributed by atoms with Gasteiger partial charge in [0.25, 0.3) is 0 Å². The molecule has 0 saturated carbocycles. The maximum absolute atomic E-state index is 11.2. The minimum Gasteiger partial charge on any atom is -0.339 e. The highest BCUT2D eigenvalue weighted by atomic mass is 16.3. The van der Waals surface area contributed by atoms with Crippen LogP contribution in [0.1, 0.15) is 6.92 Å². The predicted octanol–water partition coefficient (Wildman–Crippen LogP) is -1.03. The molecule has 1 saturated heterocycles. The van der Waals surface area contributed by atoms with Crippen LogP contribution in [0.25, 0.3) is 0 Å². The van der Waals surface area contributed by atoms with Crippen molar-refractivity contribution in [3.63, 3.8) is 0 Å². The van der Waals surface area contributed by atoms with Gasteiger partial charge in [0.2, 0.25) is 5.91 Å². The van der Waals surface area contributed by atoms with Crippen molar-refractivity contribution in [1.29, 1.82) is 0 Å². The van der Waals surface area contributed by atoms with Crippen LogP contribution in [0.15, 0.2) is 5.18 Å². The van der Waals surface area contributed by atoms with Crippen LogP contribution in [0.2, 0.25) is 0 Å². The number of piperazine rings is 1. The number of carbonyl (C=O) groups is 3. The van der Waals surface area contributed by atoms with Crippen LogP contribution in [-0.4, -0.2) is 53.7 Å². The Morgan fingerprint density at radius 3 is 1.87 bits per heavy atom. The molecule has 1 rings (SSSR count). The highest BCUT2D eigenvalue weighted by molar-refractivity contribution is 6.35. The molecule has 0 aromatic rings. The summed E-state index contributed by atoms with van der Waals surface area (Å²) in [6.45, 7) is 2.73. The molecular weight excluding hydrogens is 202 g/mol. The summed E-state index contributed by atoms with van der Waals surface area (Å²) in [4.78, 5) is 45.5. The Morgan fingerprint density at radius 2 is 1.47 bits per heavy atom. The predicted molar refractivity (Wildman–Crippen MR) is 49.6 cm³/mol. The van der Waals surface area contributed by atoms with Crippen molar-refractivity contribution in [2.24, 2.45) is 5.18 Å². The molecule has 7 nitrogen and oxygen atoms in total. The number of carbonyl (C=O) groups excluding carboxylic acids is 3. The molecule has 0 aliphatic carbocycles. The summed E-state index contributed by atoms with van der Waals surface area (Å²) in [5, 5.41) is 2.06. The average molecular weight is 213 g/mol. The van der Waals surface area contributed by atoms with Gasteiger partial charge in [-0.05, 0) is 0 Å². The molecule has 1 aliphatic heterocycles. The second-order valence-electron chi connectivity index (χ2n) is 3.19. The van der Waals surface area contributed by atoms with E-state index in [0.29, 0.717) is 13.1 Å². The highest BCUT2D eigenvalue weighted by Gasteiger charge is 2.27. The molecular formula is C8H11N3O4. The zero-order valence-corrected chi connectivity index (χ0v) is 8.30. The Morgan fingerprint density at radius 1 is 1.00 bits per heavy atom. The smallest absolute Gasteiger partial charge is 0.339 e. The Kier molecular flexibility index (Phi) is 3.48. The molecule has 7 heteroatoms. The van der Waals surface area contributed by atoms with Crippen molar-refractivity contribution < 1.29 is 14.4 Å². The molecule has 3 amide bonds. The molecule has 82 valence electrons. The first-order valence-electron chi connectivity index (χ1n) is 4.48. The summed E-state index contributed by atoms with van der Waals surface area (Å²) >= 11 is 0. The number of nitrogens with zero attached hydrogens (tertiary/aromatic N) is 3. The summed E-state index contributed by atoms with van der Waals surface area (Å²) in [5.74, 6) is -2.25. The first kappa shape index (κ1) is 11.3. The van der Waals surface area contributed by atoms with E-state index in [9.17, 15) is 19.3 Å². The maximum Gasteiger partial charge on any atom is 0.373 e. The first-order chi connectivity index (χ1) is 7.06. The zero-order chi connectivity index (χ0) is 11.4. The lowest BCUT2D eigenvalue weighted by Crippen LogP contribution is -2.51. The third kappa shape index (κ3) is 2.58. The summed E-state index contributed by atoms with van der Waals surface area (Å²) in [6.07, 6.45) is 0. The van der Waals surface area contributed by atoms with Gasteiger partial charge in [-0.25, -0.2) is 0 Å². The van der Waals surface area contributed by atoms with Crippen LogP contribution in [0.4, 0.5) is 0 Å². The second-order valence-corrected chi connectivity index (χ2v) is 3.19. The molecule has 0 N–H and O–H groups in total. The van der Waals surface area contributed by atoms with Crippen molar-refractivity contribution in [1.82, 2.24) is 9.80 Å². The number of hydrogen-bond donors (Lipinski definition) is 0. The van der Waals surface area contributed by atoms with Crippen LogP contribution >= 0.6 is 0 Å². The quantitative estimate of drug-likeness (QED) is 0.380. The fraction of sp³-hybridized carbons (Fsp3) is 0.625. The van der Waals surface area contributed by atoms with E-state index in [0.717, 1.165) is 0 Å². The fourth-order valence-electron chi connectivity index (χ4n) is 1.40. The van der Waals surface area contributed by atoms with Crippen LogP contribution in [0.3, 0.4) is 0 Å². The summed E-state index contributed by atoms with van der Waals surface area (Å²) < 4.78 is 0. The number of amides is 3. The summed E-state index contributed by atoms with van der Waals surface area (Å²) in [7, 11) is 0. The number of nitroso groups, excluding NO2 is 1. The number of rotatable bonds is 0. The molecule has 0 atom stereocenters. The van der Waals surface area contributed by atoms with Gasteiger partial charge in [0.05, 0.1) is 0 Å². The topological polar surface area (TPSA) is 87.1 Å². The van der Waals surface area contributed by atoms with Crippen molar-refractivity contribution in [3.8, 4) is 0 Å². The molecule has 15 heavy (non-hydrogen) atoms. The van der Waals surface area contributed by atoms with Crippen LogP contribution in [0.5, 0.6) is 0 Å². The van der Waals surface area contributed by atoms with E-state index in [2.05, 4.69) is 5.18 Å². The Labute approximate surface area is 86.0 Å². The van der Waals surface area contributed by atoms with Crippen LogP contribution in [-0.2, 0) is 14.4 Å². The molecule has 1 fully saturated rings. The largest absolute Gasteiger partial charge is 0.373 e. The Bertz CT molecular complexity index is 307.